The van der Waals surface area contributed by atoms with Crippen molar-refractivity contribution in [2.75, 3.05) is 6.61 Å². The maximum absolute atomic E-state index is 12.4. The number of benzene rings is 2. The van der Waals surface area contributed by atoms with Gasteiger partial charge < -0.3 is 9.64 Å². The Morgan fingerprint density at radius 3 is 2.21 bits per heavy atom. The van der Waals surface area contributed by atoms with Crippen LogP contribution in [0.4, 0.5) is 0 Å². The molecular weight excluding hydrogens is 409 g/mol. The molecule has 3 rings (SSSR count). The molecular formula is C23H27Cl2NO3. The van der Waals surface area contributed by atoms with E-state index in [2.05, 4.69) is 0 Å². The van der Waals surface area contributed by atoms with Gasteiger partial charge in [0, 0.05) is 16.5 Å². The van der Waals surface area contributed by atoms with Gasteiger partial charge in [0.1, 0.15) is 6.04 Å². The van der Waals surface area contributed by atoms with Crippen LogP contribution in [0.3, 0.4) is 0 Å². The maximum atomic E-state index is 12.4. The lowest BCUT2D eigenvalue weighted by Gasteiger charge is -2.40. The second-order valence-corrected chi connectivity index (χ2v) is 7.61. The summed E-state index contributed by atoms with van der Waals surface area (Å²) < 4.78 is 5.15. The highest BCUT2D eigenvalue weighted by Crippen LogP contribution is 2.34. The van der Waals surface area contributed by atoms with E-state index in [0.29, 0.717) is 24.5 Å². The Labute approximate surface area is 182 Å². The van der Waals surface area contributed by atoms with Crippen molar-refractivity contribution in [3.05, 3.63) is 70.2 Å². The van der Waals surface area contributed by atoms with Crippen LogP contribution in [0.1, 0.15) is 51.1 Å². The fourth-order valence-electron chi connectivity index (χ4n) is 3.42. The molecule has 0 spiro atoms. The molecule has 1 heterocycles. The molecule has 1 saturated heterocycles. The lowest BCUT2D eigenvalue weighted by Crippen LogP contribution is -2.49. The van der Waals surface area contributed by atoms with Crippen LogP contribution in [0.2, 0.25) is 10.0 Å². The lowest BCUT2D eigenvalue weighted by molar-refractivity contribution is -0.159. The van der Waals surface area contributed by atoms with Crippen molar-refractivity contribution in [1.82, 2.24) is 4.90 Å². The van der Waals surface area contributed by atoms with Crippen LogP contribution in [0.5, 0.6) is 0 Å². The van der Waals surface area contributed by atoms with Gasteiger partial charge in [-0.3, -0.25) is 4.79 Å². The van der Waals surface area contributed by atoms with Crippen molar-refractivity contribution in [2.45, 2.75) is 51.6 Å². The number of likely N-dealkylation sites (tertiary alicyclic amines) is 1. The lowest BCUT2D eigenvalue weighted by atomic mass is 9.92. The summed E-state index contributed by atoms with van der Waals surface area (Å²) in [5.41, 5.74) is 1.01. The molecule has 0 aliphatic carbocycles. The van der Waals surface area contributed by atoms with Crippen molar-refractivity contribution in [2.24, 2.45) is 0 Å². The molecule has 1 unspecified atom stereocenters. The number of rotatable bonds is 5. The minimum Gasteiger partial charge on any atom is -0.464 e. The molecule has 0 aromatic heterocycles. The van der Waals surface area contributed by atoms with Crippen molar-refractivity contribution in [1.29, 1.82) is 0 Å². The number of carbonyl (C=O) groups is 2. The first-order chi connectivity index (χ1) is 14.0. The molecule has 1 aliphatic heterocycles. The van der Waals surface area contributed by atoms with E-state index >= 15 is 0 Å². The Bertz CT molecular complexity index is 780. The first kappa shape index (κ1) is 23.2. The summed E-state index contributed by atoms with van der Waals surface area (Å²) in [6.45, 7) is 4.00. The molecule has 0 radical (unpaired) electrons. The zero-order chi connectivity index (χ0) is 21.2. The van der Waals surface area contributed by atoms with E-state index in [-0.39, 0.29) is 17.9 Å². The summed E-state index contributed by atoms with van der Waals surface area (Å²) >= 11 is 11.5. The monoisotopic (exact) mass is 435 g/mol. The molecule has 1 amide bonds. The number of halogens is 2. The molecule has 156 valence electrons. The van der Waals surface area contributed by atoms with Gasteiger partial charge in [0.15, 0.2) is 0 Å². The normalized spacial score (nSPS) is 17.2. The first-order valence-corrected chi connectivity index (χ1v) is 10.7. The third-order valence-electron chi connectivity index (χ3n) is 4.76. The van der Waals surface area contributed by atoms with Gasteiger partial charge in [-0.15, -0.1) is 0 Å². The Morgan fingerprint density at radius 2 is 1.69 bits per heavy atom. The third kappa shape index (κ3) is 6.76. The fourth-order valence-corrected chi connectivity index (χ4v) is 3.69. The quantitative estimate of drug-likeness (QED) is 0.534. The van der Waals surface area contributed by atoms with Gasteiger partial charge in [-0.2, -0.15) is 0 Å². The Morgan fingerprint density at radius 1 is 1.07 bits per heavy atom. The first-order valence-electron chi connectivity index (χ1n) is 9.91. The Kier molecular flexibility index (Phi) is 9.49. The molecule has 2 atom stereocenters. The fraction of sp³-hybridized carbons (Fsp3) is 0.391. The van der Waals surface area contributed by atoms with E-state index in [9.17, 15) is 9.59 Å². The van der Waals surface area contributed by atoms with Crippen LogP contribution in [0.25, 0.3) is 0 Å². The highest BCUT2D eigenvalue weighted by molar-refractivity contribution is 6.30. The Balaban J connectivity index is 0.000000360. The molecule has 0 N–H and O–H groups in total. The number of hydrogen-bond acceptors (Lipinski definition) is 3. The van der Waals surface area contributed by atoms with Crippen LogP contribution >= 0.6 is 23.2 Å². The zero-order valence-electron chi connectivity index (χ0n) is 16.8. The summed E-state index contributed by atoms with van der Waals surface area (Å²) in [6.07, 6.45) is 2.72. The van der Waals surface area contributed by atoms with E-state index in [4.69, 9.17) is 27.9 Å². The maximum Gasteiger partial charge on any atom is 0.328 e. The van der Waals surface area contributed by atoms with Gasteiger partial charge in [-0.05, 0) is 56.0 Å². The molecule has 6 heteroatoms. The van der Waals surface area contributed by atoms with E-state index in [1.807, 2.05) is 61.5 Å². The van der Waals surface area contributed by atoms with Gasteiger partial charge in [0.2, 0.25) is 5.91 Å². The average Bonchev–Trinajstić information content (AvgIpc) is 2.72. The number of ether oxygens (including phenoxy) is 1. The van der Waals surface area contributed by atoms with Gasteiger partial charge in [-0.1, -0.05) is 60.5 Å². The van der Waals surface area contributed by atoms with Crippen molar-refractivity contribution >= 4 is 35.1 Å². The number of nitrogens with zero attached hydrogens (tertiary/aromatic N) is 1. The summed E-state index contributed by atoms with van der Waals surface area (Å²) in [5, 5.41) is 1.46. The van der Waals surface area contributed by atoms with Crippen LogP contribution in [-0.2, 0) is 14.3 Å². The van der Waals surface area contributed by atoms with E-state index in [0.717, 1.165) is 23.4 Å². The van der Waals surface area contributed by atoms with Gasteiger partial charge >= 0.3 is 5.97 Å². The topological polar surface area (TPSA) is 46.6 Å². The van der Waals surface area contributed by atoms with Gasteiger partial charge in [-0.25, -0.2) is 4.79 Å². The second kappa shape index (κ2) is 11.8. The van der Waals surface area contributed by atoms with Gasteiger partial charge in [0.25, 0.3) is 0 Å². The number of hydrogen-bond donors (Lipinski definition) is 0. The highest BCUT2D eigenvalue weighted by Gasteiger charge is 2.37. The van der Waals surface area contributed by atoms with Crippen molar-refractivity contribution < 1.29 is 14.3 Å². The highest BCUT2D eigenvalue weighted by atomic mass is 35.5. The number of amides is 1. The molecule has 29 heavy (non-hydrogen) atoms. The predicted octanol–water partition coefficient (Wildman–Crippen LogP) is 6.08. The zero-order valence-corrected chi connectivity index (χ0v) is 18.3. The minimum absolute atomic E-state index is 0.0195. The molecule has 2 aromatic carbocycles. The predicted molar refractivity (Wildman–Crippen MR) is 117 cm³/mol. The number of carbonyl (C=O) groups excluding carboxylic acids is 2. The summed E-state index contributed by atoms with van der Waals surface area (Å²) in [5.74, 6) is -0.301. The van der Waals surface area contributed by atoms with E-state index < -0.39 is 6.04 Å². The summed E-state index contributed by atoms with van der Waals surface area (Å²) in [7, 11) is 0. The smallest absolute Gasteiger partial charge is 0.328 e. The molecule has 1 fully saturated rings. The third-order valence-corrected chi connectivity index (χ3v) is 5.26. The van der Waals surface area contributed by atoms with Crippen molar-refractivity contribution in [3.8, 4) is 0 Å². The largest absolute Gasteiger partial charge is 0.464 e. The Hall–Kier alpha value is -2.04. The summed E-state index contributed by atoms with van der Waals surface area (Å²) in [6, 6.07) is 16.3. The standard InChI is InChI=1S/C17H22ClNO3.C6H5Cl/c1-3-14(17(21)22-4-2)19-15(6-5-7-16(19)20)12-8-10-13(18)11-9-12;7-6-4-2-1-3-5-6/h8-11,14-15H,3-7H2,1-2H3;1-5H/t14?,15-;/m0./s1. The average molecular weight is 436 g/mol. The molecule has 0 saturated carbocycles. The van der Waals surface area contributed by atoms with E-state index in [1.165, 1.54) is 0 Å². The molecule has 2 aromatic rings. The van der Waals surface area contributed by atoms with Crippen molar-refractivity contribution in [3.63, 3.8) is 0 Å². The van der Waals surface area contributed by atoms with Crippen LogP contribution in [0, 0.1) is 0 Å². The van der Waals surface area contributed by atoms with Crippen LogP contribution < -0.4 is 0 Å². The second-order valence-electron chi connectivity index (χ2n) is 6.73. The van der Waals surface area contributed by atoms with Crippen LogP contribution in [0.15, 0.2) is 54.6 Å². The SMILES string of the molecule is CCOC(=O)C(CC)N1C(=O)CCC[C@H]1c1ccc(Cl)cc1.Clc1ccccc1. The van der Waals surface area contributed by atoms with Crippen LogP contribution in [-0.4, -0.2) is 29.4 Å². The number of esters is 1. The molecule has 0 bridgehead atoms. The van der Waals surface area contributed by atoms with Gasteiger partial charge in [0.05, 0.1) is 12.6 Å². The molecule has 1 aliphatic rings. The molecule has 4 nitrogen and oxygen atoms in total. The summed E-state index contributed by atoms with van der Waals surface area (Å²) in [4.78, 5) is 26.4. The number of piperidine rings is 1. The van der Waals surface area contributed by atoms with E-state index in [1.54, 1.807) is 11.8 Å². The minimum atomic E-state index is -0.520.